The van der Waals surface area contributed by atoms with Crippen molar-refractivity contribution in [2.75, 3.05) is 25.0 Å². The van der Waals surface area contributed by atoms with E-state index in [1.807, 2.05) is 18.2 Å². The molecule has 1 atom stereocenters. The SMILES string of the molecule is CCOC(=O)Cn1ccc2cc(NC(=O)N3CCC(C(=O)O)C3)ccc21. The minimum atomic E-state index is -0.871. The number of anilines is 1. The van der Waals surface area contributed by atoms with Gasteiger partial charge in [0, 0.05) is 35.9 Å². The number of likely N-dealkylation sites (tertiary alicyclic amines) is 1. The number of hydrogen-bond acceptors (Lipinski definition) is 4. The van der Waals surface area contributed by atoms with Crippen LogP contribution in [-0.4, -0.2) is 52.2 Å². The van der Waals surface area contributed by atoms with Gasteiger partial charge in [-0.3, -0.25) is 9.59 Å². The van der Waals surface area contributed by atoms with Crippen molar-refractivity contribution in [3.8, 4) is 0 Å². The standard InChI is InChI=1S/C18H21N3O5/c1-2-26-16(22)11-20-7-5-12-9-14(3-4-15(12)20)19-18(25)21-8-6-13(10-21)17(23)24/h3-5,7,9,13H,2,6,8,10-11H2,1H3,(H,19,25)(H,23,24). The number of aromatic nitrogens is 1. The number of aliphatic carboxylic acids is 1. The second kappa shape index (κ2) is 7.47. The molecule has 2 N–H and O–H groups in total. The highest BCUT2D eigenvalue weighted by molar-refractivity contribution is 5.93. The number of carboxylic acids is 1. The average molecular weight is 359 g/mol. The molecule has 2 heterocycles. The zero-order valence-electron chi connectivity index (χ0n) is 14.5. The van der Waals surface area contributed by atoms with Crippen LogP contribution in [0.2, 0.25) is 0 Å². The van der Waals surface area contributed by atoms with E-state index in [0.717, 1.165) is 10.9 Å². The molecular weight excluding hydrogens is 338 g/mol. The van der Waals surface area contributed by atoms with Crippen LogP contribution in [0.15, 0.2) is 30.5 Å². The second-order valence-corrected chi connectivity index (χ2v) is 6.22. The summed E-state index contributed by atoms with van der Waals surface area (Å²) in [6.45, 7) is 2.89. The Morgan fingerprint density at radius 2 is 2.12 bits per heavy atom. The minimum Gasteiger partial charge on any atom is -0.481 e. The number of fused-ring (bicyclic) bond motifs is 1. The number of nitrogens with zero attached hydrogens (tertiary/aromatic N) is 2. The van der Waals surface area contributed by atoms with Gasteiger partial charge in [0.05, 0.1) is 12.5 Å². The fraction of sp³-hybridized carbons (Fsp3) is 0.389. The Labute approximate surface area is 150 Å². The van der Waals surface area contributed by atoms with E-state index < -0.39 is 11.9 Å². The third-order valence-electron chi connectivity index (χ3n) is 4.45. The second-order valence-electron chi connectivity index (χ2n) is 6.22. The van der Waals surface area contributed by atoms with Crippen LogP contribution in [-0.2, 0) is 20.9 Å². The summed E-state index contributed by atoms with van der Waals surface area (Å²) in [6, 6.07) is 6.96. The van der Waals surface area contributed by atoms with Crippen LogP contribution >= 0.6 is 0 Å². The summed E-state index contributed by atoms with van der Waals surface area (Å²) in [5.74, 6) is -1.67. The Hall–Kier alpha value is -3.03. The largest absolute Gasteiger partial charge is 0.481 e. The van der Waals surface area contributed by atoms with E-state index in [9.17, 15) is 14.4 Å². The van der Waals surface area contributed by atoms with E-state index in [1.54, 1.807) is 23.8 Å². The van der Waals surface area contributed by atoms with Crippen molar-refractivity contribution in [3.05, 3.63) is 30.5 Å². The molecule has 2 amide bonds. The molecule has 0 radical (unpaired) electrons. The third kappa shape index (κ3) is 3.79. The van der Waals surface area contributed by atoms with E-state index in [4.69, 9.17) is 9.84 Å². The van der Waals surface area contributed by atoms with E-state index in [-0.39, 0.29) is 25.1 Å². The van der Waals surface area contributed by atoms with Gasteiger partial charge in [0.15, 0.2) is 0 Å². The lowest BCUT2D eigenvalue weighted by molar-refractivity contribution is -0.144. The van der Waals surface area contributed by atoms with E-state index in [2.05, 4.69) is 5.32 Å². The van der Waals surface area contributed by atoms with Gasteiger partial charge >= 0.3 is 18.0 Å². The molecule has 1 saturated heterocycles. The van der Waals surface area contributed by atoms with Crippen LogP contribution in [0.25, 0.3) is 10.9 Å². The van der Waals surface area contributed by atoms with Gasteiger partial charge < -0.3 is 24.6 Å². The highest BCUT2D eigenvalue weighted by Gasteiger charge is 2.30. The zero-order chi connectivity index (χ0) is 18.7. The molecule has 1 aliphatic rings. The van der Waals surface area contributed by atoms with Crippen LogP contribution in [0.1, 0.15) is 13.3 Å². The number of urea groups is 1. The first kappa shape index (κ1) is 17.8. The summed E-state index contributed by atoms with van der Waals surface area (Å²) >= 11 is 0. The van der Waals surface area contributed by atoms with Crippen LogP contribution < -0.4 is 5.32 Å². The number of carbonyl (C=O) groups is 3. The first-order chi connectivity index (χ1) is 12.5. The lowest BCUT2D eigenvalue weighted by Gasteiger charge is -2.17. The highest BCUT2D eigenvalue weighted by atomic mass is 16.5. The van der Waals surface area contributed by atoms with Gasteiger partial charge in [-0.25, -0.2) is 4.79 Å². The van der Waals surface area contributed by atoms with E-state index in [0.29, 0.717) is 25.3 Å². The molecule has 0 aliphatic carbocycles. The summed E-state index contributed by atoms with van der Waals surface area (Å²) in [5.41, 5.74) is 1.48. The van der Waals surface area contributed by atoms with Gasteiger partial charge in [-0.1, -0.05) is 0 Å². The van der Waals surface area contributed by atoms with E-state index in [1.165, 1.54) is 4.90 Å². The van der Waals surface area contributed by atoms with Crippen molar-refractivity contribution in [2.45, 2.75) is 19.9 Å². The Morgan fingerprint density at radius 3 is 2.81 bits per heavy atom. The van der Waals surface area contributed by atoms with Crippen molar-refractivity contribution < 1.29 is 24.2 Å². The van der Waals surface area contributed by atoms with Crippen molar-refractivity contribution in [1.29, 1.82) is 0 Å². The normalized spacial score (nSPS) is 16.7. The number of amides is 2. The maximum absolute atomic E-state index is 12.3. The first-order valence-corrected chi connectivity index (χ1v) is 8.51. The molecule has 1 unspecified atom stereocenters. The summed E-state index contributed by atoms with van der Waals surface area (Å²) in [5, 5.41) is 12.7. The third-order valence-corrected chi connectivity index (χ3v) is 4.45. The highest BCUT2D eigenvalue weighted by Crippen LogP contribution is 2.22. The number of nitrogens with one attached hydrogen (secondary N) is 1. The van der Waals surface area contributed by atoms with Crippen LogP contribution in [0.5, 0.6) is 0 Å². The molecule has 26 heavy (non-hydrogen) atoms. The summed E-state index contributed by atoms with van der Waals surface area (Å²) in [4.78, 5) is 36.4. The van der Waals surface area contributed by atoms with Gasteiger partial charge in [-0.2, -0.15) is 0 Å². The quantitative estimate of drug-likeness (QED) is 0.797. The van der Waals surface area contributed by atoms with Crippen LogP contribution in [0.3, 0.4) is 0 Å². The van der Waals surface area contributed by atoms with Gasteiger partial charge in [-0.05, 0) is 37.6 Å². The predicted octanol–water partition coefficient (Wildman–Crippen LogP) is 2.14. The molecule has 1 aromatic carbocycles. The Kier molecular flexibility index (Phi) is 5.11. The van der Waals surface area contributed by atoms with Crippen LogP contribution in [0.4, 0.5) is 10.5 Å². The Balaban J connectivity index is 1.67. The summed E-state index contributed by atoms with van der Waals surface area (Å²) in [6.07, 6.45) is 2.27. The molecule has 1 fully saturated rings. The maximum atomic E-state index is 12.3. The molecule has 0 saturated carbocycles. The lowest BCUT2D eigenvalue weighted by Crippen LogP contribution is -2.33. The molecule has 1 aliphatic heterocycles. The molecule has 3 rings (SSSR count). The molecule has 2 aromatic rings. The molecular formula is C18H21N3O5. The fourth-order valence-electron chi connectivity index (χ4n) is 3.11. The number of hydrogen-bond donors (Lipinski definition) is 2. The zero-order valence-corrected chi connectivity index (χ0v) is 14.5. The average Bonchev–Trinajstić information content (AvgIpc) is 3.23. The molecule has 1 aromatic heterocycles. The van der Waals surface area contributed by atoms with Gasteiger partial charge in [0.25, 0.3) is 0 Å². The monoisotopic (exact) mass is 359 g/mol. The summed E-state index contributed by atoms with van der Waals surface area (Å²) in [7, 11) is 0. The van der Waals surface area contributed by atoms with Crippen molar-refractivity contribution in [1.82, 2.24) is 9.47 Å². The number of rotatable bonds is 5. The fourth-order valence-corrected chi connectivity index (χ4v) is 3.11. The number of ether oxygens (including phenoxy) is 1. The smallest absolute Gasteiger partial charge is 0.325 e. The molecule has 0 bridgehead atoms. The van der Waals surface area contributed by atoms with Gasteiger partial charge in [-0.15, -0.1) is 0 Å². The van der Waals surface area contributed by atoms with Crippen LogP contribution in [0, 0.1) is 5.92 Å². The van der Waals surface area contributed by atoms with Crippen molar-refractivity contribution in [3.63, 3.8) is 0 Å². The predicted molar refractivity (Wildman–Crippen MR) is 94.9 cm³/mol. The van der Waals surface area contributed by atoms with Crippen molar-refractivity contribution in [2.24, 2.45) is 5.92 Å². The maximum Gasteiger partial charge on any atom is 0.325 e. The first-order valence-electron chi connectivity index (χ1n) is 8.51. The molecule has 8 nitrogen and oxygen atoms in total. The molecule has 8 heteroatoms. The Morgan fingerprint density at radius 1 is 1.31 bits per heavy atom. The topological polar surface area (TPSA) is 101 Å². The number of esters is 1. The molecule has 138 valence electrons. The molecule has 0 spiro atoms. The van der Waals surface area contributed by atoms with Gasteiger partial charge in [0.2, 0.25) is 0 Å². The summed E-state index contributed by atoms with van der Waals surface area (Å²) < 4.78 is 6.75. The van der Waals surface area contributed by atoms with E-state index >= 15 is 0 Å². The lowest BCUT2D eigenvalue weighted by atomic mass is 10.1. The van der Waals surface area contributed by atoms with Crippen molar-refractivity contribution >= 4 is 34.6 Å². The minimum absolute atomic E-state index is 0.132. The number of carboxylic acid groups (broad SMARTS) is 1. The Bertz CT molecular complexity index is 844. The number of carbonyl (C=O) groups excluding carboxylic acids is 2. The van der Waals surface area contributed by atoms with Gasteiger partial charge in [0.1, 0.15) is 6.54 Å². The number of benzene rings is 1.